The molecule has 0 radical (unpaired) electrons. The highest BCUT2D eigenvalue weighted by atomic mass is 35.5. The molecule has 0 bridgehead atoms. The van der Waals surface area contributed by atoms with Crippen LogP contribution in [0.4, 0.5) is 0 Å². The minimum Gasteiger partial charge on any atom is -0.485 e. The van der Waals surface area contributed by atoms with E-state index in [1.54, 1.807) is 6.26 Å². The van der Waals surface area contributed by atoms with Gasteiger partial charge in [0.25, 0.3) is 0 Å². The molecule has 0 spiro atoms. The third-order valence-electron chi connectivity index (χ3n) is 3.35. The second-order valence-electron chi connectivity index (χ2n) is 5.20. The first-order valence-electron chi connectivity index (χ1n) is 7.27. The number of hydrogen-bond donors (Lipinski definition) is 1. The average molecular weight is 308 g/mol. The third kappa shape index (κ3) is 4.26. The van der Waals surface area contributed by atoms with Gasteiger partial charge in [-0.1, -0.05) is 18.5 Å². The Labute approximate surface area is 131 Å². The van der Waals surface area contributed by atoms with Gasteiger partial charge in [0.2, 0.25) is 0 Å². The molecular formula is C17H22ClNO2. The summed E-state index contributed by atoms with van der Waals surface area (Å²) in [6.07, 6.45) is 2.83. The first-order valence-corrected chi connectivity index (χ1v) is 7.65. The average Bonchev–Trinajstić information content (AvgIpc) is 2.85. The molecule has 1 aromatic carbocycles. The molecular weight excluding hydrogens is 286 g/mol. The molecule has 2 rings (SSSR count). The van der Waals surface area contributed by atoms with E-state index in [1.807, 2.05) is 32.0 Å². The zero-order valence-electron chi connectivity index (χ0n) is 12.8. The Bertz CT molecular complexity index is 569. The van der Waals surface area contributed by atoms with E-state index in [0.717, 1.165) is 52.7 Å². The standard InChI is InChI=1S/C17H22ClNO2/c1-4-6-19-10-14-5-7-20-16(14)11-21-17-12(2)8-15(18)9-13(17)3/h5,7-9,19H,4,6,10-11H2,1-3H3. The maximum Gasteiger partial charge on any atom is 0.146 e. The highest BCUT2D eigenvalue weighted by molar-refractivity contribution is 6.30. The van der Waals surface area contributed by atoms with E-state index < -0.39 is 0 Å². The van der Waals surface area contributed by atoms with Crippen LogP contribution in [0.1, 0.15) is 35.8 Å². The predicted octanol–water partition coefficient (Wildman–Crippen LogP) is 4.63. The van der Waals surface area contributed by atoms with Crippen LogP contribution in [0.15, 0.2) is 28.9 Å². The van der Waals surface area contributed by atoms with Crippen molar-refractivity contribution in [2.45, 2.75) is 40.3 Å². The second-order valence-corrected chi connectivity index (χ2v) is 5.64. The quantitative estimate of drug-likeness (QED) is 0.757. The molecule has 1 N–H and O–H groups in total. The smallest absolute Gasteiger partial charge is 0.146 e. The molecule has 4 heteroatoms. The summed E-state index contributed by atoms with van der Waals surface area (Å²) in [5.74, 6) is 1.75. The highest BCUT2D eigenvalue weighted by Crippen LogP contribution is 2.28. The lowest BCUT2D eigenvalue weighted by Gasteiger charge is -2.12. The third-order valence-corrected chi connectivity index (χ3v) is 3.57. The molecule has 0 saturated carbocycles. The Morgan fingerprint density at radius 1 is 1.24 bits per heavy atom. The number of halogens is 1. The number of furan rings is 1. The normalized spacial score (nSPS) is 10.9. The lowest BCUT2D eigenvalue weighted by Crippen LogP contribution is -2.14. The highest BCUT2D eigenvalue weighted by Gasteiger charge is 2.10. The molecule has 0 aliphatic carbocycles. The Morgan fingerprint density at radius 2 is 1.95 bits per heavy atom. The van der Waals surface area contributed by atoms with Crippen LogP contribution in [0.3, 0.4) is 0 Å². The summed E-state index contributed by atoms with van der Waals surface area (Å²) >= 11 is 6.04. The van der Waals surface area contributed by atoms with Crippen molar-refractivity contribution in [3.63, 3.8) is 0 Å². The molecule has 0 fully saturated rings. The minimum absolute atomic E-state index is 0.430. The molecule has 114 valence electrons. The topological polar surface area (TPSA) is 34.4 Å². The van der Waals surface area contributed by atoms with Gasteiger partial charge >= 0.3 is 0 Å². The van der Waals surface area contributed by atoms with Crippen molar-refractivity contribution < 1.29 is 9.15 Å². The van der Waals surface area contributed by atoms with Crippen LogP contribution >= 0.6 is 11.6 Å². The van der Waals surface area contributed by atoms with Crippen LogP contribution in [0.5, 0.6) is 5.75 Å². The summed E-state index contributed by atoms with van der Waals surface area (Å²) in [6.45, 7) is 8.39. The van der Waals surface area contributed by atoms with Crippen LogP contribution in [0.2, 0.25) is 5.02 Å². The number of aryl methyl sites for hydroxylation is 2. The van der Waals surface area contributed by atoms with E-state index in [0.29, 0.717) is 6.61 Å². The van der Waals surface area contributed by atoms with Gasteiger partial charge < -0.3 is 14.5 Å². The monoisotopic (exact) mass is 307 g/mol. The largest absolute Gasteiger partial charge is 0.485 e. The fraction of sp³-hybridized carbons (Fsp3) is 0.412. The van der Waals surface area contributed by atoms with Crippen LogP contribution in [-0.2, 0) is 13.2 Å². The van der Waals surface area contributed by atoms with Crippen LogP contribution in [-0.4, -0.2) is 6.54 Å². The van der Waals surface area contributed by atoms with Crippen LogP contribution < -0.4 is 10.1 Å². The number of benzene rings is 1. The Morgan fingerprint density at radius 3 is 2.62 bits per heavy atom. The summed E-state index contributed by atoms with van der Waals surface area (Å²) in [4.78, 5) is 0. The van der Waals surface area contributed by atoms with E-state index >= 15 is 0 Å². The summed E-state index contributed by atoms with van der Waals surface area (Å²) in [5.41, 5.74) is 3.22. The number of rotatable bonds is 7. The van der Waals surface area contributed by atoms with E-state index in [9.17, 15) is 0 Å². The van der Waals surface area contributed by atoms with E-state index in [-0.39, 0.29) is 0 Å². The fourth-order valence-electron chi connectivity index (χ4n) is 2.31. The van der Waals surface area contributed by atoms with Gasteiger partial charge in [0.1, 0.15) is 18.1 Å². The lowest BCUT2D eigenvalue weighted by molar-refractivity contribution is 0.265. The molecule has 0 atom stereocenters. The number of hydrogen-bond acceptors (Lipinski definition) is 3. The van der Waals surface area contributed by atoms with Gasteiger partial charge in [-0.2, -0.15) is 0 Å². The van der Waals surface area contributed by atoms with Gasteiger partial charge in [0, 0.05) is 17.1 Å². The Balaban J connectivity index is 2.02. The maximum atomic E-state index is 6.04. The van der Waals surface area contributed by atoms with Crippen molar-refractivity contribution >= 4 is 11.6 Å². The summed E-state index contributed by atoms with van der Waals surface area (Å²) in [5, 5.41) is 4.11. The van der Waals surface area contributed by atoms with Crippen LogP contribution in [0, 0.1) is 13.8 Å². The molecule has 0 amide bonds. The first-order chi connectivity index (χ1) is 10.1. The summed E-state index contributed by atoms with van der Waals surface area (Å²) < 4.78 is 11.5. The molecule has 2 aromatic rings. The Hall–Kier alpha value is -1.45. The lowest BCUT2D eigenvalue weighted by atomic mass is 10.1. The first kappa shape index (κ1) is 15.9. The molecule has 0 unspecified atom stereocenters. The fourth-order valence-corrected chi connectivity index (χ4v) is 2.64. The predicted molar refractivity (Wildman–Crippen MR) is 86.0 cm³/mol. The molecule has 21 heavy (non-hydrogen) atoms. The maximum absolute atomic E-state index is 6.04. The van der Waals surface area contributed by atoms with Crippen molar-refractivity contribution in [2.24, 2.45) is 0 Å². The minimum atomic E-state index is 0.430. The van der Waals surface area contributed by atoms with Crippen molar-refractivity contribution in [3.8, 4) is 5.75 Å². The summed E-state index contributed by atoms with van der Waals surface area (Å²) in [6, 6.07) is 5.81. The zero-order chi connectivity index (χ0) is 15.2. The molecule has 3 nitrogen and oxygen atoms in total. The van der Waals surface area contributed by atoms with Crippen molar-refractivity contribution in [1.82, 2.24) is 5.32 Å². The second kappa shape index (κ2) is 7.53. The zero-order valence-corrected chi connectivity index (χ0v) is 13.6. The van der Waals surface area contributed by atoms with Crippen LogP contribution in [0.25, 0.3) is 0 Å². The van der Waals surface area contributed by atoms with Crippen molar-refractivity contribution in [2.75, 3.05) is 6.54 Å². The van der Waals surface area contributed by atoms with Gasteiger partial charge in [-0.25, -0.2) is 0 Å². The van der Waals surface area contributed by atoms with Gasteiger partial charge in [-0.15, -0.1) is 0 Å². The summed E-state index contributed by atoms with van der Waals surface area (Å²) in [7, 11) is 0. The van der Waals surface area contributed by atoms with Gasteiger partial charge in [0.15, 0.2) is 0 Å². The molecule has 1 heterocycles. The van der Waals surface area contributed by atoms with E-state index in [1.165, 1.54) is 0 Å². The SMILES string of the molecule is CCCNCc1ccoc1COc1c(C)cc(Cl)cc1C. The van der Waals surface area contributed by atoms with Gasteiger partial charge in [-0.05, 0) is 56.1 Å². The molecule has 0 saturated heterocycles. The van der Waals surface area contributed by atoms with Gasteiger partial charge in [-0.3, -0.25) is 0 Å². The number of ether oxygens (including phenoxy) is 1. The molecule has 1 aromatic heterocycles. The van der Waals surface area contributed by atoms with Crippen molar-refractivity contribution in [1.29, 1.82) is 0 Å². The van der Waals surface area contributed by atoms with Crippen molar-refractivity contribution in [3.05, 3.63) is 51.9 Å². The number of nitrogens with one attached hydrogen (secondary N) is 1. The molecule has 0 aliphatic rings. The van der Waals surface area contributed by atoms with E-state index in [4.69, 9.17) is 20.8 Å². The van der Waals surface area contributed by atoms with E-state index in [2.05, 4.69) is 12.2 Å². The Kier molecular flexibility index (Phi) is 5.71. The molecule has 0 aliphatic heterocycles. The van der Waals surface area contributed by atoms with Gasteiger partial charge in [0.05, 0.1) is 6.26 Å².